The summed E-state index contributed by atoms with van der Waals surface area (Å²) in [5.74, 6) is 1.90. The van der Waals surface area contributed by atoms with E-state index in [1.54, 1.807) is 11.0 Å². The van der Waals surface area contributed by atoms with Crippen LogP contribution in [0, 0.1) is 11.3 Å². The maximum Gasteiger partial charge on any atom is 0.247 e. The Labute approximate surface area is 182 Å². The van der Waals surface area contributed by atoms with Crippen molar-refractivity contribution in [3.63, 3.8) is 0 Å². The zero-order chi connectivity index (χ0) is 21.8. The van der Waals surface area contributed by atoms with Crippen molar-refractivity contribution in [1.82, 2.24) is 24.6 Å². The van der Waals surface area contributed by atoms with Gasteiger partial charge >= 0.3 is 0 Å². The molecule has 0 aliphatic carbocycles. The van der Waals surface area contributed by atoms with Gasteiger partial charge in [-0.25, -0.2) is 9.97 Å². The minimum Gasteiger partial charge on any atom is -0.367 e. The van der Waals surface area contributed by atoms with E-state index in [0.717, 1.165) is 36.5 Å². The molecule has 0 aromatic carbocycles. The van der Waals surface area contributed by atoms with Crippen LogP contribution in [0.1, 0.15) is 44.6 Å². The van der Waals surface area contributed by atoms with Crippen molar-refractivity contribution in [3.05, 3.63) is 24.0 Å². The van der Waals surface area contributed by atoms with Crippen LogP contribution in [-0.2, 0) is 7.05 Å². The Morgan fingerprint density at radius 3 is 2.74 bits per heavy atom. The zero-order valence-corrected chi connectivity index (χ0v) is 18.1. The smallest absolute Gasteiger partial charge is 0.247 e. The Bertz CT molecular complexity index is 989. The van der Waals surface area contributed by atoms with Crippen LogP contribution in [-0.4, -0.2) is 56.0 Å². The molecule has 3 atom stereocenters. The number of hydrogen-bond acceptors (Lipinski definition) is 8. The third kappa shape index (κ3) is 4.59. The molecular formula is C22H29N9. The maximum absolute atomic E-state index is 8.97. The fourth-order valence-electron chi connectivity index (χ4n) is 4.82. The van der Waals surface area contributed by atoms with Crippen molar-refractivity contribution in [2.24, 2.45) is 12.0 Å². The van der Waals surface area contributed by atoms with Gasteiger partial charge in [0.2, 0.25) is 5.95 Å². The largest absolute Gasteiger partial charge is 0.367 e. The van der Waals surface area contributed by atoms with Gasteiger partial charge in [-0.05, 0) is 39.3 Å². The summed E-state index contributed by atoms with van der Waals surface area (Å²) in [6.45, 7) is 6.61. The molecule has 0 amide bonds. The summed E-state index contributed by atoms with van der Waals surface area (Å²) in [7, 11) is 1.82. The van der Waals surface area contributed by atoms with E-state index >= 15 is 0 Å². The summed E-state index contributed by atoms with van der Waals surface area (Å²) < 4.78 is 1.64. The summed E-state index contributed by atoms with van der Waals surface area (Å²) in [6, 6.07) is 5.54. The third-order valence-electron chi connectivity index (χ3n) is 6.09. The van der Waals surface area contributed by atoms with E-state index in [1.165, 1.54) is 12.8 Å². The average molecular weight is 420 g/mol. The number of nitrogens with zero attached hydrogens (tertiary/aromatic N) is 7. The normalized spacial score (nSPS) is 23.1. The highest BCUT2D eigenvalue weighted by Gasteiger charge is 2.40. The lowest BCUT2D eigenvalue weighted by molar-refractivity contribution is 0.135. The second-order valence-electron chi connectivity index (χ2n) is 8.16. The molecular weight excluding hydrogens is 390 g/mol. The molecule has 2 aromatic heterocycles. The van der Waals surface area contributed by atoms with Crippen LogP contribution < -0.4 is 10.6 Å². The predicted octanol–water partition coefficient (Wildman–Crippen LogP) is 3.64. The molecule has 9 heteroatoms. The van der Waals surface area contributed by atoms with E-state index in [0.29, 0.717) is 36.3 Å². The molecule has 4 rings (SSSR count). The number of piperidine rings is 1. The number of hydrogen-bond donors (Lipinski definition) is 2. The molecule has 9 nitrogen and oxygen atoms in total. The quantitative estimate of drug-likeness (QED) is 0.629. The van der Waals surface area contributed by atoms with Gasteiger partial charge in [0, 0.05) is 49.8 Å². The van der Waals surface area contributed by atoms with E-state index in [-0.39, 0.29) is 0 Å². The highest BCUT2D eigenvalue weighted by Crippen LogP contribution is 2.38. The fraction of sp³-hybridized carbons (Fsp3) is 0.500. The lowest BCUT2D eigenvalue weighted by atomic mass is 9.96. The van der Waals surface area contributed by atoms with Gasteiger partial charge < -0.3 is 10.6 Å². The predicted molar refractivity (Wildman–Crippen MR) is 123 cm³/mol. The Morgan fingerprint density at radius 1 is 1.35 bits per heavy atom. The molecule has 162 valence electrons. The van der Waals surface area contributed by atoms with Gasteiger partial charge in [0.15, 0.2) is 0 Å². The summed E-state index contributed by atoms with van der Waals surface area (Å²) in [4.78, 5) is 15.8. The Balaban J connectivity index is 1.57. The van der Waals surface area contributed by atoms with Crippen molar-refractivity contribution in [2.45, 2.75) is 57.2 Å². The van der Waals surface area contributed by atoms with Gasteiger partial charge in [-0.2, -0.15) is 5.26 Å². The van der Waals surface area contributed by atoms with Crippen molar-refractivity contribution in [1.29, 1.82) is 5.26 Å². The minimum absolute atomic E-state index is 0.327. The number of anilines is 3. The number of nitrogens with one attached hydrogen (secondary N) is 2. The molecule has 2 aliphatic heterocycles. The number of pyridine rings is 1. The summed E-state index contributed by atoms with van der Waals surface area (Å²) in [5.41, 5.74) is 1.68. The SMILES string of the molecule is C=Nc1cc(Nc2ncn(C)n2)nc(NC2C[C@H]3CC[C@@H](C2)N3CCC#N)c1/C=C\C. The van der Waals surface area contributed by atoms with Crippen LogP contribution in [0.5, 0.6) is 0 Å². The molecule has 0 spiro atoms. The fourth-order valence-corrected chi connectivity index (χ4v) is 4.82. The van der Waals surface area contributed by atoms with Crippen molar-refractivity contribution >= 4 is 36.1 Å². The average Bonchev–Trinajstić information content (AvgIpc) is 3.26. The van der Waals surface area contributed by atoms with Gasteiger partial charge in [-0.3, -0.25) is 14.6 Å². The maximum atomic E-state index is 8.97. The minimum atomic E-state index is 0.327. The van der Waals surface area contributed by atoms with Gasteiger partial charge in [0.1, 0.15) is 18.0 Å². The van der Waals surface area contributed by atoms with Crippen LogP contribution in [0.3, 0.4) is 0 Å². The number of allylic oxidation sites excluding steroid dienone is 1. The summed E-state index contributed by atoms with van der Waals surface area (Å²) in [6.07, 6.45) is 10.7. The number of nitriles is 1. The number of aryl methyl sites for hydroxylation is 1. The number of aromatic nitrogens is 4. The Morgan fingerprint density at radius 2 is 2.13 bits per heavy atom. The Hall–Kier alpha value is -3.25. The molecule has 4 heterocycles. The van der Waals surface area contributed by atoms with Crippen molar-refractivity contribution in [3.8, 4) is 6.07 Å². The van der Waals surface area contributed by atoms with Crippen LogP contribution >= 0.6 is 0 Å². The summed E-state index contributed by atoms with van der Waals surface area (Å²) in [5, 5.41) is 20.1. The van der Waals surface area contributed by atoms with E-state index in [1.807, 2.05) is 32.2 Å². The number of fused-ring (bicyclic) bond motifs is 2. The van der Waals surface area contributed by atoms with E-state index < -0.39 is 0 Å². The summed E-state index contributed by atoms with van der Waals surface area (Å²) >= 11 is 0. The highest BCUT2D eigenvalue weighted by atomic mass is 15.4. The first kappa shape index (κ1) is 21.0. The van der Waals surface area contributed by atoms with Crippen molar-refractivity contribution in [2.75, 3.05) is 17.2 Å². The van der Waals surface area contributed by atoms with E-state index in [4.69, 9.17) is 10.2 Å². The standard InChI is InChI=1S/C22H29N9/c1-4-6-18-19(24-2)13-20(28-22-25-14-30(3)29-22)27-21(18)26-15-11-16-7-8-17(12-15)31(16)10-5-9-23/h4,6,13-17H,2,5,7-8,10-12H2,1,3H3,(H2,26,27,28,29)/b6-4-/t15?,16-,17+. The van der Waals surface area contributed by atoms with Crippen molar-refractivity contribution < 1.29 is 0 Å². The van der Waals surface area contributed by atoms with Gasteiger partial charge in [-0.15, -0.1) is 5.10 Å². The highest BCUT2D eigenvalue weighted by molar-refractivity contribution is 5.78. The molecule has 2 bridgehead atoms. The van der Waals surface area contributed by atoms with Crippen LogP contribution in [0.15, 0.2) is 23.5 Å². The topological polar surface area (TPSA) is 107 Å². The molecule has 2 aliphatic rings. The van der Waals surface area contributed by atoms with Crippen LogP contribution in [0.2, 0.25) is 0 Å². The molecule has 2 saturated heterocycles. The van der Waals surface area contributed by atoms with Crippen LogP contribution in [0.25, 0.3) is 6.08 Å². The van der Waals surface area contributed by atoms with Gasteiger partial charge in [-0.1, -0.05) is 12.2 Å². The first-order valence-corrected chi connectivity index (χ1v) is 10.8. The number of aliphatic imine (C=N–C) groups is 1. The molecule has 0 saturated carbocycles. The molecule has 2 fully saturated rings. The van der Waals surface area contributed by atoms with E-state index in [2.05, 4.69) is 43.4 Å². The first-order chi connectivity index (χ1) is 15.1. The lowest BCUT2D eigenvalue weighted by Crippen LogP contribution is -2.47. The zero-order valence-electron chi connectivity index (χ0n) is 18.1. The van der Waals surface area contributed by atoms with E-state index in [9.17, 15) is 0 Å². The second-order valence-corrected chi connectivity index (χ2v) is 8.16. The second kappa shape index (κ2) is 9.27. The molecule has 1 unspecified atom stereocenters. The van der Waals surface area contributed by atoms with Gasteiger partial charge in [0.25, 0.3) is 0 Å². The first-order valence-electron chi connectivity index (χ1n) is 10.8. The number of rotatable bonds is 8. The lowest BCUT2D eigenvalue weighted by Gasteiger charge is -2.39. The molecule has 2 aromatic rings. The third-order valence-corrected chi connectivity index (χ3v) is 6.09. The van der Waals surface area contributed by atoms with Gasteiger partial charge in [0.05, 0.1) is 11.8 Å². The molecule has 0 radical (unpaired) electrons. The molecule has 2 N–H and O–H groups in total. The Kier molecular flexibility index (Phi) is 6.28. The van der Waals surface area contributed by atoms with Crippen LogP contribution in [0.4, 0.5) is 23.3 Å². The monoisotopic (exact) mass is 419 g/mol. The molecule has 31 heavy (non-hydrogen) atoms.